The predicted molar refractivity (Wildman–Crippen MR) is 78.2 cm³/mol. The molecule has 2 rings (SSSR count). The standard InChI is InChI=1S/C15H18ClNO4/c1-15(2)11(12(15)14(19)20)13(18)17-7-8-4-5-9(16)6-10(8)21-3/h4-6,11-12H,7H2,1-3H3,(H,17,18)(H,19,20)/t11-,12+/m0/s1. The molecule has 1 saturated carbocycles. The molecule has 0 aromatic heterocycles. The highest BCUT2D eigenvalue weighted by molar-refractivity contribution is 6.30. The molecule has 0 bridgehead atoms. The minimum absolute atomic E-state index is 0.246. The van der Waals surface area contributed by atoms with E-state index in [-0.39, 0.29) is 12.5 Å². The molecule has 2 atom stereocenters. The molecule has 6 heteroatoms. The summed E-state index contributed by atoms with van der Waals surface area (Å²) in [7, 11) is 1.53. The van der Waals surface area contributed by atoms with Crippen LogP contribution in [0.3, 0.4) is 0 Å². The molecule has 0 aliphatic heterocycles. The van der Waals surface area contributed by atoms with Crippen molar-refractivity contribution in [1.29, 1.82) is 0 Å². The number of carboxylic acids is 1. The Hall–Kier alpha value is -1.75. The second-order valence-corrected chi connectivity index (χ2v) is 6.23. The van der Waals surface area contributed by atoms with Crippen molar-refractivity contribution in [1.82, 2.24) is 5.32 Å². The highest BCUT2D eigenvalue weighted by Crippen LogP contribution is 2.58. The molecule has 0 heterocycles. The van der Waals surface area contributed by atoms with Gasteiger partial charge in [-0.05, 0) is 17.5 Å². The Labute approximate surface area is 128 Å². The molecule has 1 amide bonds. The van der Waals surface area contributed by atoms with E-state index in [9.17, 15) is 9.59 Å². The number of halogens is 1. The van der Waals surface area contributed by atoms with Gasteiger partial charge in [-0.1, -0.05) is 31.5 Å². The second kappa shape index (κ2) is 5.56. The van der Waals surface area contributed by atoms with Crippen LogP contribution in [0.5, 0.6) is 5.75 Å². The molecular weight excluding hydrogens is 294 g/mol. The lowest BCUT2D eigenvalue weighted by atomic mass is 10.1. The van der Waals surface area contributed by atoms with E-state index in [4.69, 9.17) is 21.4 Å². The van der Waals surface area contributed by atoms with E-state index in [0.717, 1.165) is 5.56 Å². The normalized spacial score (nSPS) is 22.5. The van der Waals surface area contributed by atoms with Gasteiger partial charge in [0.25, 0.3) is 0 Å². The summed E-state index contributed by atoms with van der Waals surface area (Å²) in [4.78, 5) is 23.2. The number of aliphatic carboxylic acids is 1. The van der Waals surface area contributed by atoms with Crippen LogP contribution in [-0.2, 0) is 16.1 Å². The number of rotatable bonds is 5. The first-order chi connectivity index (χ1) is 9.78. The fourth-order valence-electron chi connectivity index (χ4n) is 2.74. The largest absolute Gasteiger partial charge is 0.496 e. The van der Waals surface area contributed by atoms with Gasteiger partial charge in [-0.3, -0.25) is 9.59 Å². The summed E-state index contributed by atoms with van der Waals surface area (Å²) in [6.45, 7) is 3.86. The predicted octanol–water partition coefficient (Wildman–Crippen LogP) is 2.32. The number of benzene rings is 1. The van der Waals surface area contributed by atoms with Crippen LogP contribution in [0.2, 0.25) is 5.02 Å². The summed E-state index contributed by atoms with van der Waals surface area (Å²) in [5.74, 6) is -1.70. The van der Waals surface area contributed by atoms with Crippen LogP contribution in [-0.4, -0.2) is 24.1 Å². The fourth-order valence-corrected chi connectivity index (χ4v) is 2.91. The minimum atomic E-state index is -0.927. The SMILES string of the molecule is COc1cc(Cl)ccc1CNC(=O)[C@@H]1[C@H](C(=O)O)C1(C)C. The Bertz CT molecular complexity index is 585. The molecule has 1 fully saturated rings. The van der Waals surface area contributed by atoms with Crippen molar-refractivity contribution >= 4 is 23.5 Å². The number of ether oxygens (including phenoxy) is 1. The molecule has 2 N–H and O–H groups in total. The number of hydrogen-bond donors (Lipinski definition) is 2. The molecule has 0 radical (unpaired) electrons. The van der Waals surface area contributed by atoms with Gasteiger partial charge < -0.3 is 15.2 Å². The lowest BCUT2D eigenvalue weighted by molar-refractivity contribution is -0.140. The van der Waals surface area contributed by atoms with Gasteiger partial charge in [0, 0.05) is 17.1 Å². The number of amides is 1. The highest BCUT2D eigenvalue weighted by atomic mass is 35.5. The summed E-state index contributed by atoms with van der Waals surface area (Å²) in [5, 5.41) is 12.4. The first-order valence-corrected chi connectivity index (χ1v) is 6.99. The van der Waals surface area contributed by atoms with E-state index < -0.39 is 23.2 Å². The molecular formula is C15H18ClNO4. The number of hydrogen-bond acceptors (Lipinski definition) is 3. The zero-order chi connectivity index (χ0) is 15.8. The average Bonchev–Trinajstić information content (AvgIpc) is 3.00. The summed E-state index contributed by atoms with van der Waals surface area (Å²) < 4.78 is 5.20. The number of carbonyl (C=O) groups excluding carboxylic acids is 1. The van der Waals surface area contributed by atoms with E-state index in [1.807, 2.05) is 0 Å². The third kappa shape index (κ3) is 2.97. The Kier molecular flexibility index (Phi) is 4.14. The maximum Gasteiger partial charge on any atom is 0.307 e. The zero-order valence-corrected chi connectivity index (χ0v) is 12.9. The highest BCUT2D eigenvalue weighted by Gasteiger charge is 2.65. The topological polar surface area (TPSA) is 75.6 Å². The summed E-state index contributed by atoms with van der Waals surface area (Å²) in [5.41, 5.74) is 0.292. The van der Waals surface area contributed by atoms with Crippen LogP contribution < -0.4 is 10.1 Å². The Morgan fingerprint density at radius 1 is 1.38 bits per heavy atom. The quantitative estimate of drug-likeness (QED) is 0.875. The van der Waals surface area contributed by atoms with Crippen molar-refractivity contribution < 1.29 is 19.4 Å². The van der Waals surface area contributed by atoms with Crippen molar-refractivity contribution in [3.05, 3.63) is 28.8 Å². The summed E-state index contributed by atoms with van der Waals surface area (Å²) in [6.07, 6.45) is 0. The van der Waals surface area contributed by atoms with Crippen LogP contribution in [0.4, 0.5) is 0 Å². The van der Waals surface area contributed by atoms with Crippen LogP contribution in [0, 0.1) is 17.3 Å². The van der Waals surface area contributed by atoms with Gasteiger partial charge in [-0.2, -0.15) is 0 Å². The summed E-state index contributed by atoms with van der Waals surface area (Å²) in [6, 6.07) is 5.16. The smallest absolute Gasteiger partial charge is 0.307 e. The second-order valence-electron chi connectivity index (χ2n) is 5.79. The monoisotopic (exact) mass is 311 g/mol. The van der Waals surface area contributed by atoms with E-state index in [1.165, 1.54) is 7.11 Å². The van der Waals surface area contributed by atoms with Gasteiger partial charge in [0.2, 0.25) is 5.91 Å². The molecule has 1 aromatic carbocycles. The third-order valence-corrected chi connectivity index (χ3v) is 4.31. The van der Waals surface area contributed by atoms with Crippen molar-refractivity contribution in [2.45, 2.75) is 20.4 Å². The molecule has 1 aromatic rings. The van der Waals surface area contributed by atoms with Gasteiger partial charge in [-0.25, -0.2) is 0 Å². The van der Waals surface area contributed by atoms with Crippen LogP contribution >= 0.6 is 11.6 Å². The molecule has 1 aliphatic carbocycles. The average molecular weight is 312 g/mol. The van der Waals surface area contributed by atoms with Gasteiger partial charge in [0.05, 0.1) is 18.9 Å². The van der Waals surface area contributed by atoms with Gasteiger partial charge >= 0.3 is 5.97 Å². The lowest BCUT2D eigenvalue weighted by Crippen LogP contribution is -2.27. The van der Waals surface area contributed by atoms with E-state index in [2.05, 4.69) is 5.32 Å². The summed E-state index contributed by atoms with van der Waals surface area (Å²) >= 11 is 5.88. The number of carbonyl (C=O) groups is 2. The molecule has 21 heavy (non-hydrogen) atoms. The van der Waals surface area contributed by atoms with E-state index in [1.54, 1.807) is 32.0 Å². The first kappa shape index (κ1) is 15.6. The third-order valence-electron chi connectivity index (χ3n) is 4.08. The van der Waals surface area contributed by atoms with Crippen LogP contribution in [0.25, 0.3) is 0 Å². The lowest BCUT2D eigenvalue weighted by Gasteiger charge is -2.10. The van der Waals surface area contributed by atoms with Gasteiger partial charge in [0.1, 0.15) is 5.75 Å². The van der Waals surface area contributed by atoms with Crippen LogP contribution in [0.1, 0.15) is 19.4 Å². The van der Waals surface area contributed by atoms with Crippen molar-refractivity contribution in [3.63, 3.8) is 0 Å². The Balaban J connectivity index is 2.01. The minimum Gasteiger partial charge on any atom is -0.496 e. The zero-order valence-electron chi connectivity index (χ0n) is 12.1. The van der Waals surface area contributed by atoms with Crippen molar-refractivity contribution in [3.8, 4) is 5.75 Å². The first-order valence-electron chi connectivity index (χ1n) is 6.62. The maximum atomic E-state index is 12.1. The van der Waals surface area contributed by atoms with E-state index >= 15 is 0 Å². The molecule has 0 unspecified atom stereocenters. The molecule has 1 aliphatic rings. The fraction of sp³-hybridized carbons (Fsp3) is 0.467. The maximum absolute atomic E-state index is 12.1. The number of carboxylic acid groups (broad SMARTS) is 1. The molecule has 114 valence electrons. The van der Waals surface area contributed by atoms with Gasteiger partial charge in [0.15, 0.2) is 0 Å². The number of nitrogens with one attached hydrogen (secondary N) is 1. The van der Waals surface area contributed by atoms with Crippen molar-refractivity contribution in [2.75, 3.05) is 7.11 Å². The number of methoxy groups -OCH3 is 1. The Morgan fingerprint density at radius 2 is 2.05 bits per heavy atom. The molecule has 0 saturated heterocycles. The van der Waals surface area contributed by atoms with Gasteiger partial charge in [-0.15, -0.1) is 0 Å². The Morgan fingerprint density at radius 3 is 2.57 bits per heavy atom. The van der Waals surface area contributed by atoms with Crippen molar-refractivity contribution in [2.24, 2.45) is 17.3 Å². The molecule has 0 spiro atoms. The van der Waals surface area contributed by atoms with Crippen LogP contribution in [0.15, 0.2) is 18.2 Å². The molecule has 5 nitrogen and oxygen atoms in total. The van der Waals surface area contributed by atoms with E-state index in [0.29, 0.717) is 10.8 Å².